The molecule has 0 aliphatic carbocycles. The second kappa shape index (κ2) is 8.21. The summed E-state index contributed by atoms with van der Waals surface area (Å²) in [5.41, 5.74) is 5.87. The monoisotopic (exact) mass is 315 g/mol. The Labute approximate surface area is 125 Å². The Kier molecular flexibility index (Phi) is 6.62. The van der Waals surface area contributed by atoms with Crippen LogP contribution in [0.3, 0.4) is 0 Å². The Balaban J connectivity index is 2.38. The quantitative estimate of drug-likeness (QED) is 0.415. The lowest BCUT2D eigenvalue weighted by molar-refractivity contribution is -0.496. The Hall–Kier alpha value is -2.14. The van der Waals surface area contributed by atoms with Gasteiger partial charge in [-0.2, -0.15) is 5.01 Å². The zero-order chi connectivity index (χ0) is 15.8. The van der Waals surface area contributed by atoms with Crippen molar-refractivity contribution in [2.75, 3.05) is 18.9 Å². The highest BCUT2D eigenvalue weighted by Gasteiger charge is 2.22. The van der Waals surface area contributed by atoms with Crippen molar-refractivity contribution < 1.29 is 9.83 Å². The van der Waals surface area contributed by atoms with Crippen LogP contribution in [0.15, 0.2) is 22.0 Å². The third-order valence-electron chi connectivity index (χ3n) is 2.75. The molecule has 3 N–H and O–H groups in total. The van der Waals surface area contributed by atoms with Gasteiger partial charge in [0, 0.05) is 18.6 Å². The van der Waals surface area contributed by atoms with Crippen molar-refractivity contribution in [2.45, 2.75) is 19.4 Å². The first-order valence-corrected chi connectivity index (χ1v) is 7.01. The van der Waals surface area contributed by atoms with E-state index >= 15 is 0 Å². The molecular weight excluding hydrogens is 298 g/mol. The standard InChI is InChI=1S/C10H17N7O3S/c1-7(3-5-16(2)14-15-17(19)20)8(11)9(18)13-10-12-4-6-21-10/h4,6-8H,3,5,11H2,1-2H3,(H,12,13,18)/t7-,8+/m1/s1. The molecule has 10 nitrogen and oxygen atoms in total. The topological polar surface area (TPSA) is 139 Å². The molecule has 1 aromatic heterocycles. The van der Waals surface area contributed by atoms with Gasteiger partial charge >= 0.3 is 0 Å². The van der Waals surface area contributed by atoms with Crippen molar-refractivity contribution in [1.29, 1.82) is 0 Å². The van der Waals surface area contributed by atoms with Crippen LogP contribution in [0.5, 0.6) is 0 Å². The molecule has 1 rings (SSSR count). The maximum absolute atomic E-state index is 11.9. The Morgan fingerprint density at radius 2 is 2.43 bits per heavy atom. The predicted molar refractivity (Wildman–Crippen MR) is 77.0 cm³/mol. The predicted octanol–water partition coefficient (Wildman–Crippen LogP) is 0.926. The summed E-state index contributed by atoms with van der Waals surface area (Å²) >= 11 is 1.31. The van der Waals surface area contributed by atoms with Crippen molar-refractivity contribution in [3.05, 3.63) is 21.7 Å². The lowest BCUT2D eigenvalue weighted by Crippen LogP contribution is -2.41. The van der Waals surface area contributed by atoms with Crippen LogP contribution in [-0.2, 0) is 4.79 Å². The van der Waals surface area contributed by atoms with E-state index in [0.717, 1.165) is 0 Å². The number of nitrogens with zero attached hydrogens (tertiary/aromatic N) is 5. The molecule has 0 saturated carbocycles. The molecule has 2 atom stereocenters. The van der Waals surface area contributed by atoms with Gasteiger partial charge in [-0.05, 0) is 12.3 Å². The highest BCUT2D eigenvalue weighted by atomic mass is 32.1. The summed E-state index contributed by atoms with van der Waals surface area (Å²) < 4.78 is 0. The lowest BCUT2D eigenvalue weighted by Gasteiger charge is -2.19. The van der Waals surface area contributed by atoms with Crippen LogP contribution < -0.4 is 11.1 Å². The van der Waals surface area contributed by atoms with E-state index in [1.54, 1.807) is 18.6 Å². The Morgan fingerprint density at radius 3 is 3.00 bits per heavy atom. The molecule has 0 aromatic carbocycles. The summed E-state index contributed by atoms with van der Waals surface area (Å²) in [7, 11) is 1.56. The molecule has 0 aliphatic heterocycles. The first-order chi connectivity index (χ1) is 9.90. The molecule has 0 bridgehead atoms. The third-order valence-corrected chi connectivity index (χ3v) is 3.44. The van der Waals surface area contributed by atoms with Gasteiger partial charge in [-0.3, -0.25) is 4.79 Å². The number of anilines is 1. The van der Waals surface area contributed by atoms with E-state index in [4.69, 9.17) is 5.73 Å². The highest BCUT2D eigenvalue weighted by molar-refractivity contribution is 7.13. The number of aromatic nitrogens is 1. The molecule has 1 amide bonds. The fourth-order valence-corrected chi connectivity index (χ4v) is 1.98. The summed E-state index contributed by atoms with van der Waals surface area (Å²) in [5, 5.41) is 21.5. The zero-order valence-electron chi connectivity index (χ0n) is 11.7. The molecule has 21 heavy (non-hydrogen) atoms. The summed E-state index contributed by atoms with van der Waals surface area (Å²) in [6.07, 6.45) is 2.13. The largest absolute Gasteiger partial charge is 0.337 e. The number of rotatable bonds is 8. The fourth-order valence-electron chi connectivity index (χ4n) is 1.45. The molecule has 0 aliphatic rings. The molecule has 1 heterocycles. The van der Waals surface area contributed by atoms with Crippen LogP contribution >= 0.6 is 11.3 Å². The minimum absolute atomic E-state index is 0.127. The number of nitro groups is 1. The maximum atomic E-state index is 11.9. The molecule has 11 heteroatoms. The maximum Gasteiger partial charge on any atom is 0.243 e. The van der Waals surface area contributed by atoms with E-state index in [2.05, 4.69) is 20.7 Å². The minimum atomic E-state index is -0.882. The molecule has 0 unspecified atom stereocenters. The smallest absolute Gasteiger partial charge is 0.243 e. The molecule has 1 aromatic rings. The lowest BCUT2D eigenvalue weighted by atomic mass is 9.98. The van der Waals surface area contributed by atoms with Crippen molar-refractivity contribution in [3.8, 4) is 0 Å². The second-order valence-corrected chi connectivity index (χ2v) is 5.31. The third kappa shape index (κ3) is 6.23. The van der Waals surface area contributed by atoms with Gasteiger partial charge in [0.1, 0.15) is 0 Å². The van der Waals surface area contributed by atoms with Gasteiger partial charge in [-0.15, -0.1) is 11.3 Å². The fraction of sp³-hybridized carbons (Fsp3) is 0.600. The Bertz CT molecular complexity index is 493. The second-order valence-electron chi connectivity index (χ2n) is 4.42. The van der Waals surface area contributed by atoms with Gasteiger partial charge in [-0.1, -0.05) is 6.92 Å². The van der Waals surface area contributed by atoms with Crippen LogP contribution in [-0.4, -0.2) is 40.6 Å². The number of hydrogen-bond acceptors (Lipinski definition) is 7. The number of nitrogens with two attached hydrogens (primary N) is 1. The molecular formula is C10H17N7O3S. The number of hydrogen-bond donors (Lipinski definition) is 2. The minimum Gasteiger partial charge on any atom is -0.337 e. The van der Waals surface area contributed by atoms with Crippen molar-refractivity contribution in [2.24, 2.45) is 22.1 Å². The van der Waals surface area contributed by atoms with E-state index < -0.39 is 11.1 Å². The van der Waals surface area contributed by atoms with Gasteiger partial charge in [0.05, 0.1) is 17.6 Å². The van der Waals surface area contributed by atoms with Crippen LogP contribution in [0.4, 0.5) is 5.13 Å². The van der Waals surface area contributed by atoms with Gasteiger partial charge in [0.2, 0.25) is 11.1 Å². The Morgan fingerprint density at radius 1 is 1.71 bits per heavy atom. The van der Waals surface area contributed by atoms with Crippen molar-refractivity contribution in [1.82, 2.24) is 9.99 Å². The number of carbonyl (C=O) groups excluding carboxylic acids is 1. The first kappa shape index (κ1) is 16.9. The number of amides is 1. The number of nitrogens with one attached hydrogen (secondary N) is 1. The summed E-state index contributed by atoms with van der Waals surface area (Å²) in [4.78, 5) is 25.9. The molecule has 0 fully saturated rings. The number of thiazole rings is 1. The average Bonchev–Trinajstić information content (AvgIpc) is 2.94. The average molecular weight is 315 g/mol. The molecule has 0 saturated heterocycles. The van der Waals surface area contributed by atoms with Crippen LogP contribution in [0, 0.1) is 16.0 Å². The summed E-state index contributed by atoms with van der Waals surface area (Å²) in [5.74, 6) is -0.440. The van der Waals surface area contributed by atoms with E-state index in [9.17, 15) is 14.9 Å². The van der Waals surface area contributed by atoms with E-state index in [1.165, 1.54) is 16.3 Å². The normalized spacial score (nSPS) is 13.9. The summed E-state index contributed by atoms with van der Waals surface area (Å²) in [6, 6.07) is -0.699. The van der Waals surface area contributed by atoms with E-state index in [0.29, 0.717) is 18.1 Å². The van der Waals surface area contributed by atoms with Crippen LogP contribution in [0.1, 0.15) is 13.3 Å². The van der Waals surface area contributed by atoms with Crippen molar-refractivity contribution >= 4 is 22.4 Å². The van der Waals surface area contributed by atoms with E-state index in [-0.39, 0.29) is 11.8 Å². The van der Waals surface area contributed by atoms with Gasteiger partial charge in [0.25, 0.3) is 0 Å². The highest BCUT2D eigenvalue weighted by Crippen LogP contribution is 2.13. The van der Waals surface area contributed by atoms with Crippen LogP contribution in [0.25, 0.3) is 0 Å². The van der Waals surface area contributed by atoms with Gasteiger partial charge in [0.15, 0.2) is 10.4 Å². The van der Waals surface area contributed by atoms with E-state index in [1.807, 2.05) is 6.92 Å². The summed E-state index contributed by atoms with van der Waals surface area (Å²) in [6.45, 7) is 2.22. The number of carbonyl (C=O) groups is 1. The zero-order valence-corrected chi connectivity index (χ0v) is 12.5. The first-order valence-electron chi connectivity index (χ1n) is 6.13. The van der Waals surface area contributed by atoms with Gasteiger partial charge < -0.3 is 21.2 Å². The molecule has 0 spiro atoms. The molecule has 116 valence electrons. The van der Waals surface area contributed by atoms with Gasteiger partial charge in [-0.25, -0.2) is 4.98 Å². The molecule has 0 radical (unpaired) electrons. The van der Waals surface area contributed by atoms with Crippen LogP contribution in [0.2, 0.25) is 0 Å². The van der Waals surface area contributed by atoms with Crippen molar-refractivity contribution in [3.63, 3.8) is 0 Å². The SMILES string of the molecule is C[C@H](CCN(C)N=N[N+](=O)[O-])[C@H](N)C(=O)Nc1nccs1.